The van der Waals surface area contributed by atoms with Crippen LogP contribution in [0.15, 0.2) is 54.6 Å². The fraction of sp³-hybridized carbons (Fsp3) is 0.391. The second-order valence-electron chi connectivity index (χ2n) is 7.50. The van der Waals surface area contributed by atoms with Gasteiger partial charge in [-0.3, -0.25) is 9.59 Å². The Bertz CT molecular complexity index is 820. The maximum Gasteiger partial charge on any atom is 0.253 e. The number of halogens is 1. The molecule has 0 spiro atoms. The van der Waals surface area contributed by atoms with E-state index in [1.165, 1.54) is 0 Å². The van der Waals surface area contributed by atoms with Crippen LogP contribution in [0.2, 0.25) is 5.02 Å². The highest BCUT2D eigenvalue weighted by Gasteiger charge is 2.27. The monoisotopic (exact) mass is 414 g/mol. The van der Waals surface area contributed by atoms with Crippen molar-refractivity contribution in [1.82, 2.24) is 10.2 Å². The molecule has 2 amide bonds. The van der Waals surface area contributed by atoms with Crippen molar-refractivity contribution in [3.63, 3.8) is 0 Å². The Kier molecular flexibility index (Phi) is 7.67. The number of nitrogens with zero attached hydrogens (tertiary/aromatic N) is 1. The van der Waals surface area contributed by atoms with Gasteiger partial charge in [-0.2, -0.15) is 0 Å². The molecule has 0 bridgehead atoms. The van der Waals surface area contributed by atoms with E-state index < -0.39 is 6.04 Å². The minimum Gasteiger partial charge on any atom is -0.345 e. The maximum atomic E-state index is 13.0. The Morgan fingerprint density at radius 2 is 1.72 bits per heavy atom. The molecule has 2 aromatic carbocycles. The molecule has 6 heteroatoms. The van der Waals surface area contributed by atoms with E-state index in [1.807, 2.05) is 35.2 Å². The van der Waals surface area contributed by atoms with Gasteiger partial charge in [-0.05, 0) is 24.1 Å². The zero-order valence-corrected chi connectivity index (χ0v) is 17.6. The summed E-state index contributed by atoms with van der Waals surface area (Å²) in [5.41, 5.74) is 1.33. The number of amides is 2. The van der Waals surface area contributed by atoms with Crippen LogP contribution >= 0.6 is 11.6 Å². The number of piperazine rings is 1. The van der Waals surface area contributed by atoms with E-state index in [-0.39, 0.29) is 18.2 Å². The first-order valence-corrected chi connectivity index (χ1v) is 10.7. The number of benzene rings is 2. The molecule has 154 valence electrons. The van der Waals surface area contributed by atoms with Crippen molar-refractivity contribution < 1.29 is 14.5 Å². The normalized spacial score (nSPS) is 15.7. The quantitative estimate of drug-likeness (QED) is 0.730. The lowest BCUT2D eigenvalue weighted by Gasteiger charge is -2.33. The van der Waals surface area contributed by atoms with E-state index >= 15 is 0 Å². The third kappa shape index (κ3) is 5.81. The molecule has 5 nitrogen and oxygen atoms in total. The predicted molar refractivity (Wildman–Crippen MR) is 115 cm³/mol. The zero-order valence-electron chi connectivity index (χ0n) is 16.9. The predicted octanol–water partition coefficient (Wildman–Crippen LogP) is 2.34. The van der Waals surface area contributed by atoms with Crippen molar-refractivity contribution in [2.75, 3.05) is 32.7 Å². The van der Waals surface area contributed by atoms with Crippen molar-refractivity contribution >= 4 is 23.4 Å². The van der Waals surface area contributed by atoms with Gasteiger partial charge in [0.1, 0.15) is 0 Å². The SMILES string of the molecule is CCC[NH+]1CCN(C(=O)C[C@@H](NC(=O)c2ccccc2Cl)c2ccccc2)CC1. The van der Waals surface area contributed by atoms with Gasteiger partial charge in [0, 0.05) is 0 Å². The van der Waals surface area contributed by atoms with Gasteiger partial charge in [0.15, 0.2) is 0 Å². The van der Waals surface area contributed by atoms with E-state index in [9.17, 15) is 9.59 Å². The van der Waals surface area contributed by atoms with Crippen molar-refractivity contribution in [3.8, 4) is 0 Å². The smallest absolute Gasteiger partial charge is 0.253 e. The van der Waals surface area contributed by atoms with E-state index in [4.69, 9.17) is 11.6 Å². The summed E-state index contributed by atoms with van der Waals surface area (Å²) in [4.78, 5) is 29.3. The standard InChI is InChI=1S/C23H28ClN3O2/c1-2-12-26-13-15-27(16-14-26)22(28)17-21(18-8-4-3-5-9-18)25-23(29)19-10-6-7-11-20(19)24/h3-11,21H,2,12-17H2,1H3,(H,25,29)/p+1/t21-/m1/s1. The van der Waals surface area contributed by atoms with Crippen LogP contribution in [0.5, 0.6) is 0 Å². The molecule has 1 fully saturated rings. The number of carbonyl (C=O) groups excluding carboxylic acids is 2. The van der Waals surface area contributed by atoms with Crippen LogP contribution in [0, 0.1) is 0 Å². The number of quaternary nitrogens is 1. The Labute approximate surface area is 177 Å². The van der Waals surface area contributed by atoms with Crippen LogP contribution in [0.25, 0.3) is 0 Å². The number of hydrogen-bond donors (Lipinski definition) is 2. The van der Waals surface area contributed by atoms with Gasteiger partial charge in [-0.15, -0.1) is 0 Å². The average Bonchev–Trinajstić information content (AvgIpc) is 2.75. The van der Waals surface area contributed by atoms with Crippen LogP contribution in [0.3, 0.4) is 0 Å². The first-order valence-electron chi connectivity index (χ1n) is 10.3. The molecular formula is C23H29ClN3O2+. The van der Waals surface area contributed by atoms with Crippen molar-refractivity contribution in [2.45, 2.75) is 25.8 Å². The minimum atomic E-state index is -0.395. The van der Waals surface area contributed by atoms with Gasteiger partial charge in [0.05, 0.1) is 55.8 Å². The van der Waals surface area contributed by atoms with Crippen molar-refractivity contribution in [3.05, 3.63) is 70.7 Å². The molecule has 0 unspecified atom stereocenters. The topological polar surface area (TPSA) is 53.9 Å². The van der Waals surface area contributed by atoms with Crippen molar-refractivity contribution in [1.29, 1.82) is 0 Å². The third-order valence-electron chi connectivity index (χ3n) is 5.43. The van der Waals surface area contributed by atoms with E-state index in [1.54, 1.807) is 29.2 Å². The van der Waals surface area contributed by atoms with E-state index in [0.717, 1.165) is 44.7 Å². The molecule has 2 N–H and O–H groups in total. The molecule has 0 saturated carbocycles. The van der Waals surface area contributed by atoms with Gasteiger partial charge in [0.2, 0.25) is 5.91 Å². The zero-order chi connectivity index (χ0) is 20.6. The van der Waals surface area contributed by atoms with Crippen LogP contribution in [-0.4, -0.2) is 49.4 Å². The Morgan fingerprint density at radius 1 is 1.07 bits per heavy atom. The summed E-state index contributed by atoms with van der Waals surface area (Å²) < 4.78 is 0. The summed E-state index contributed by atoms with van der Waals surface area (Å²) in [6.07, 6.45) is 1.40. The Hall–Kier alpha value is -2.37. The lowest BCUT2D eigenvalue weighted by atomic mass is 10.0. The van der Waals surface area contributed by atoms with Gasteiger partial charge in [-0.25, -0.2) is 0 Å². The summed E-state index contributed by atoms with van der Waals surface area (Å²) >= 11 is 6.18. The fourth-order valence-corrected chi connectivity index (χ4v) is 4.02. The molecule has 1 aliphatic rings. The molecule has 1 atom stereocenters. The molecule has 3 rings (SSSR count). The van der Waals surface area contributed by atoms with Crippen LogP contribution in [0.1, 0.15) is 41.7 Å². The lowest BCUT2D eigenvalue weighted by molar-refractivity contribution is -0.904. The summed E-state index contributed by atoms with van der Waals surface area (Å²) in [7, 11) is 0. The summed E-state index contributed by atoms with van der Waals surface area (Å²) in [5.74, 6) is -0.191. The first-order chi connectivity index (χ1) is 14.1. The largest absolute Gasteiger partial charge is 0.345 e. The van der Waals surface area contributed by atoms with Gasteiger partial charge in [0.25, 0.3) is 5.91 Å². The molecule has 1 aliphatic heterocycles. The van der Waals surface area contributed by atoms with Gasteiger partial charge < -0.3 is 15.1 Å². The highest BCUT2D eigenvalue weighted by molar-refractivity contribution is 6.33. The average molecular weight is 415 g/mol. The van der Waals surface area contributed by atoms with Crippen LogP contribution in [-0.2, 0) is 4.79 Å². The second kappa shape index (κ2) is 10.4. The summed E-state index contributed by atoms with van der Waals surface area (Å²) in [5, 5.41) is 3.41. The fourth-order valence-electron chi connectivity index (χ4n) is 3.80. The minimum absolute atomic E-state index is 0.0776. The number of rotatable bonds is 7. The molecule has 2 aromatic rings. The highest BCUT2D eigenvalue weighted by Crippen LogP contribution is 2.21. The molecule has 1 heterocycles. The molecule has 0 aromatic heterocycles. The Morgan fingerprint density at radius 3 is 2.38 bits per heavy atom. The molecule has 29 heavy (non-hydrogen) atoms. The molecule has 0 radical (unpaired) electrons. The maximum absolute atomic E-state index is 13.0. The first kappa shape index (κ1) is 21.3. The van der Waals surface area contributed by atoms with E-state index in [0.29, 0.717) is 10.6 Å². The summed E-state index contributed by atoms with van der Waals surface area (Å²) in [6, 6.07) is 16.2. The molecule has 1 saturated heterocycles. The second-order valence-corrected chi connectivity index (χ2v) is 7.91. The molecular weight excluding hydrogens is 386 g/mol. The highest BCUT2D eigenvalue weighted by atomic mass is 35.5. The third-order valence-corrected chi connectivity index (χ3v) is 5.76. The number of hydrogen-bond acceptors (Lipinski definition) is 2. The van der Waals surface area contributed by atoms with Crippen LogP contribution in [0.4, 0.5) is 0 Å². The lowest BCUT2D eigenvalue weighted by Crippen LogP contribution is -3.14. The number of carbonyl (C=O) groups is 2. The van der Waals surface area contributed by atoms with Crippen LogP contribution < -0.4 is 10.2 Å². The molecule has 0 aliphatic carbocycles. The number of nitrogens with one attached hydrogen (secondary N) is 2. The van der Waals surface area contributed by atoms with Crippen molar-refractivity contribution in [2.24, 2.45) is 0 Å². The Balaban J connectivity index is 1.69. The van der Waals surface area contributed by atoms with Gasteiger partial charge in [-0.1, -0.05) is 61.0 Å². The summed E-state index contributed by atoms with van der Waals surface area (Å²) in [6.45, 7) is 6.87. The van der Waals surface area contributed by atoms with Gasteiger partial charge >= 0.3 is 0 Å². The van der Waals surface area contributed by atoms with E-state index in [2.05, 4.69) is 12.2 Å².